The van der Waals surface area contributed by atoms with Gasteiger partial charge in [0.1, 0.15) is 17.8 Å². The van der Waals surface area contributed by atoms with Crippen LogP contribution in [0.2, 0.25) is 0 Å². The SMILES string of the molecule is COCCCNc1cc(C(=O)N(C)C2CCS(=O)(=O)C2)ncn1. The van der Waals surface area contributed by atoms with E-state index in [1.54, 1.807) is 20.2 Å². The summed E-state index contributed by atoms with van der Waals surface area (Å²) in [6.07, 6.45) is 2.62. The third-order valence-electron chi connectivity index (χ3n) is 3.79. The molecular formula is C14H22N4O4S. The lowest BCUT2D eigenvalue weighted by Gasteiger charge is -2.23. The van der Waals surface area contributed by atoms with Crippen LogP contribution in [0.5, 0.6) is 0 Å². The first kappa shape index (κ1) is 17.6. The Morgan fingerprint density at radius 1 is 1.48 bits per heavy atom. The standard InChI is InChI=1S/C14H22N4O4S/c1-18(11-4-7-23(20,21)9-11)14(19)12-8-13(17-10-16-12)15-5-3-6-22-2/h8,10-11H,3-7,9H2,1-2H3,(H,15,16,17). The average molecular weight is 342 g/mol. The monoisotopic (exact) mass is 342 g/mol. The fourth-order valence-electron chi connectivity index (χ4n) is 2.43. The van der Waals surface area contributed by atoms with Gasteiger partial charge in [0.15, 0.2) is 9.84 Å². The zero-order valence-electron chi connectivity index (χ0n) is 13.4. The van der Waals surface area contributed by atoms with Crippen molar-refractivity contribution in [1.29, 1.82) is 0 Å². The number of aromatic nitrogens is 2. The van der Waals surface area contributed by atoms with Gasteiger partial charge >= 0.3 is 0 Å². The van der Waals surface area contributed by atoms with Crippen molar-refractivity contribution in [3.8, 4) is 0 Å². The summed E-state index contributed by atoms with van der Waals surface area (Å²) in [5.74, 6) is 0.412. The molecule has 1 unspecified atom stereocenters. The minimum Gasteiger partial charge on any atom is -0.385 e. The van der Waals surface area contributed by atoms with E-state index >= 15 is 0 Å². The zero-order chi connectivity index (χ0) is 16.9. The number of ether oxygens (including phenoxy) is 1. The quantitative estimate of drug-likeness (QED) is 0.706. The number of hydrogen-bond donors (Lipinski definition) is 1. The maximum Gasteiger partial charge on any atom is 0.272 e. The highest BCUT2D eigenvalue weighted by Gasteiger charge is 2.33. The van der Waals surface area contributed by atoms with Crippen LogP contribution < -0.4 is 5.32 Å². The van der Waals surface area contributed by atoms with Crippen molar-refractivity contribution in [3.63, 3.8) is 0 Å². The molecule has 1 aromatic heterocycles. The van der Waals surface area contributed by atoms with Crippen molar-refractivity contribution in [2.45, 2.75) is 18.9 Å². The largest absolute Gasteiger partial charge is 0.385 e. The van der Waals surface area contributed by atoms with Gasteiger partial charge in [-0.25, -0.2) is 18.4 Å². The molecule has 0 aromatic carbocycles. The van der Waals surface area contributed by atoms with E-state index < -0.39 is 9.84 Å². The first-order valence-electron chi connectivity index (χ1n) is 7.45. The van der Waals surface area contributed by atoms with E-state index in [9.17, 15) is 13.2 Å². The molecule has 1 amide bonds. The van der Waals surface area contributed by atoms with Gasteiger partial charge in [-0.05, 0) is 12.8 Å². The summed E-state index contributed by atoms with van der Waals surface area (Å²) in [5, 5.41) is 3.10. The number of anilines is 1. The van der Waals surface area contributed by atoms with Crippen molar-refractivity contribution in [2.75, 3.05) is 44.1 Å². The van der Waals surface area contributed by atoms with Crippen molar-refractivity contribution < 1.29 is 17.9 Å². The number of sulfone groups is 1. The minimum atomic E-state index is -3.03. The van der Waals surface area contributed by atoms with Crippen LogP contribution in [-0.2, 0) is 14.6 Å². The van der Waals surface area contributed by atoms with Gasteiger partial charge in [0.25, 0.3) is 5.91 Å². The Morgan fingerprint density at radius 3 is 2.91 bits per heavy atom. The molecule has 128 valence electrons. The second kappa shape index (κ2) is 7.69. The van der Waals surface area contributed by atoms with E-state index in [4.69, 9.17) is 4.74 Å². The Kier molecular flexibility index (Phi) is 5.89. The lowest BCUT2D eigenvalue weighted by Crippen LogP contribution is -2.38. The first-order chi connectivity index (χ1) is 10.9. The molecule has 1 aliphatic rings. The highest BCUT2D eigenvalue weighted by atomic mass is 32.2. The smallest absolute Gasteiger partial charge is 0.272 e. The van der Waals surface area contributed by atoms with E-state index in [-0.39, 0.29) is 29.1 Å². The molecular weight excluding hydrogens is 320 g/mol. The summed E-state index contributed by atoms with van der Waals surface area (Å²) >= 11 is 0. The van der Waals surface area contributed by atoms with Gasteiger partial charge in [0, 0.05) is 39.4 Å². The highest BCUT2D eigenvalue weighted by molar-refractivity contribution is 7.91. The Bertz CT molecular complexity index is 650. The molecule has 0 saturated carbocycles. The third kappa shape index (κ3) is 4.87. The number of rotatable bonds is 7. The van der Waals surface area contributed by atoms with Crippen LogP contribution in [0, 0.1) is 0 Å². The zero-order valence-corrected chi connectivity index (χ0v) is 14.2. The minimum absolute atomic E-state index is 0.0163. The number of carbonyl (C=O) groups is 1. The molecule has 1 atom stereocenters. The Morgan fingerprint density at radius 2 is 2.26 bits per heavy atom. The van der Waals surface area contributed by atoms with E-state index in [1.807, 2.05) is 0 Å². The summed E-state index contributed by atoms with van der Waals surface area (Å²) in [6.45, 7) is 1.32. The molecule has 2 rings (SSSR count). The van der Waals surface area contributed by atoms with Crippen LogP contribution in [0.4, 0.5) is 5.82 Å². The summed E-state index contributed by atoms with van der Waals surface area (Å²) in [5.41, 5.74) is 0.251. The maximum atomic E-state index is 12.5. The summed E-state index contributed by atoms with van der Waals surface area (Å²) in [7, 11) is 0.219. The summed E-state index contributed by atoms with van der Waals surface area (Å²) in [4.78, 5) is 22.0. The molecule has 1 aromatic rings. The second-order valence-electron chi connectivity index (χ2n) is 5.53. The molecule has 0 radical (unpaired) electrons. The summed E-state index contributed by atoms with van der Waals surface area (Å²) < 4.78 is 28.1. The molecule has 2 heterocycles. The number of amides is 1. The van der Waals surface area contributed by atoms with E-state index in [1.165, 1.54) is 11.2 Å². The van der Waals surface area contributed by atoms with Gasteiger partial charge in [0.05, 0.1) is 11.5 Å². The average Bonchev–Trinajstić information content (AvgIpc) is 2.90. The predicted octanol–water partition coefficient (Wildman–Crippen LogP) is 0.184. The van der Waals surface area contributed by atoms with E-state index in [2.05, 4.69) is 15.3 Å². The van der Waals surface area contributed by atoms with Gasteiger partial charge in [-0.1, -0.05) is 0 Å². The molecule has 0 bridgehead atoms. The normalized spacial score (nSPS) is 19.5. The number of nitrogens with one attached hydrogen (secondary N) is 1. The Labute approximate surface area is 136 Å². The Hall–Kier alpha value is -1.74. The van der Waals surface area contributed by atoms with Gasteiger partial charge in [-0.3, -0.25) is 4.79 Å². The molecule has 1 fully saturated rings. The number of carbonyl (C=O) groups excluding carboxylic acids is 1. The van der Waals surface area contributed by atoms with Gasteiger partial charge in [-0.2, -0.15) is 0 Å². The molecule has 1 N–H and O–H groups in total. The van der Waals surface area contributed by atoms with Gasteiger partial charge in [-0.15, -0.1) is 0 Å². The van der Waals surface area contributed by atoms with Crippen LogP contribution in [0.15, 0.2) is 12.4 Å². The molecule has 8 nitrogen and oxygen atoms in total. The fraction of sp³-hybridized carbons (Fsp3) is 0.643. The summed E-state index contributed by atoms with van der Waals surface area (Å²) in [6, 6.07) is 1.29. The van der Waals surface area contributed by atoms with Crippen LogP contribution in [0.1, 0.15) is 23.3 Å². The molecule has 1 saturated heterocycles. The van der Waals surface area contributed by atoms with E-state index in [0.29, 0.717) is 25.4 Å². The van der Waals surface area contributed by atoms with Gasteiger partial charge < -0.3 is 15.0 Å². The van der Waals surface area contributed by atoms with Crippen LogP contribution in [0.25, 0.3) is 0 Å². The van der Waals surface area contributed by atoms with Crippen LogP contribution in [-0.4, -0.2) is 74.0 Å². The topological polar surface area (TPSA) is 101 Å². The maximum absolute atomic E-state index is 12.5. The van der Waals surface area contributed by atoms with Crippen LogP contribution >= 0.6 is 0 Å². The van der Waals surface area contributed by atoms with Crippen molar-refractivity contribution >= 4 is 21.6 Å². The molecule has 0 spiro atoms. The van der Waals surface area contributed by atoms with Crippen molar-refractivity contribution in [1.82, 2.24) is 14.9 Å². The lowest BCUT2D eigenvalue weighted by atomic mass is 10.2. The van der Waals surface area contributed by atoms with Crippen molar-refractivity contribution in [2.24, 2.45) is 0 Å². The van der Waals surface area contributed by atoms with Crippen molar-refractivity contribution in [3.05, 3.63) is 18.1 Å². The third-order valence-corrected chi connectivity index (χ3v) is 5.54. The molecule has 23 heavy (non-hydrogen) atoms. The predicted molar refractivity (Wildman–Crippen MR) is 86.2 cm³/mol. The highest BCUT2D eigenvalue weighted by Crippen LogP contribution is 2.18. The van der Waals surface area contributed by atoms with E-state index in [0.717, 1.165) is 6.42 Å². The van der Waals surface area contributed by atoms with Gasteiger partial charge in [0.2, 0.25) is 0 Å². The number of hydrogen-bond acceptors (Lipinski definition) is 7. The number of nitrogens with zero attached hydrogens (tertiary/aromatic N) is 3. The molecule has 1 aliphatic heterocycles. The molecule has 0 aliphatic carbocycles. The Balaban J connectivity index is 1.99. The second-order valence-corrected chi connectivity index (χ2v) is 7.76. The fourth-order valence-corrected chi connectivity index (χ4v) is 4.21. The lowest BCUT2D eigenvalue weighted by molar-refractivity contribution is 0.0741. The van der Waals surface area contributed by atoms with Crippen LogP contribution in [0.3, 0.4) is 0 Å². The first-order valence-corrected chi connectivity index (χ1v) is 9.27. The number of methoxy groups -OCH3 is 1. The molecule has 9 heteroatoms.